The van der Waals surface area contributed by atoms with Crippen LogP contribution in [0.2, 0.25) is 0 Å². The van der Waals surface area contributed by atoms with E-state index < -0.39 is 0 Å². The van der Waals surface area contributed by atoms with Gasteiger partial charge in [-0.25, -0.2) is 9.36 Å². The van der Waals surface area contributed by atoms with Gasteiger partial charge in [0.15, 0.2) is 0 Å². The minimum Gasteiger partial charge on any atom is -0.352 e. The number of rotatable bonds is 6. The van der Waals surface area contributed by atoms with E-state index in [-0.39, 0.29) is 24.4 Å². The topological polar surface area (TPSA) is 94.7 Å². The molecule has 0 radical (unpaired) electrons. The number of aryl methyl sites for hydroxylation is 1. The molecule has 4 rings (SSSR count). The quantitative estimate of drug-likeness (QED) is 0.554. The van der Waals surface area contributed by atoms with Gasteiger partial charge in [0.1, 0.15) is 5.52 Å². The minimum atomic E-state index is -0.248. The fraction of sp³-hybridized carbons (Fsp3) is 0.150. The van der Waals surface area contributed by atoms with Crippen molar-refractivity contribution in [1.29, 1.82) is 0 Å². The van der Waals surface area contributed by atoms with E-state index >= 15 is 0 Å². The van der Waals surface area contributed by atoms with Crippen molar-refractivity contribution >= 4 is 16.8 Å². The molecular weight excluding hydrogens is 356 g/mol. The molecule has 0 atom stereocenters. The number of nitrogens with one attached hydrogen (secondary N) is 1. The Kier molecular flexibility index (Phi) is 4.92. The molecule has 8 nitrogen and oxygen atoms in total. The Balaban J connectivity index is 1.40. The largest absolute Gasteiger partial charge is 0.352 e. The van der Waals surface area contributed by atoms with E-state index in [9.17, 15) is 9.59 Å². The fourth-order valence-electron chi connectivity index (χ4n) is 2.95. The lowest BCUT2D eigenvalue weighted by Crippen LogP contribution is -2.29. The first-order valence-corrected chi connectivity index (χ1v) is 8.89. The summed E-state index contributed by atoms with van der Waals surface area (Å²) in [6.07, 6.45) is 3.69. The van der Waals surface area contributed by atoms with Crippen molar-refractivity contribution in [2.75, 3.05) is 0 Å². The zero-order valence-corrected chi connectivity index (χ0v) is 15.0. The first-order chi connectivity index (χ1) is 13.7. The average Bonchev–Trinajstić information content (AvgIpc) is 3.27. The third kappa shape index (κ3) is 3.66. The SMILES string of the molecule is O=C(CCn1nnc2ccccc2c1=O)NCc1ccccc1-n1cccn1. The summed E-state index contributed by atoms with van der Waals surface area (Å²) in [5.41, 5.74) is 2.15. The summed E-state index contributed by atoms with van der Waals surface area (Å²) in [4.78, 5) is 24.7. The van der Waals surface area contributed by atoms with Crippen molar-refractivity contribution in [3.05, 3.63) is 82.9 Å². The summed E-state index contributed by atoms with van der Waals surface area (Å²) < 4.78 is 2.98. The molecule has 0 spiro atoms. The van der Waals surface area contributed by atoms with Crippen LogP contribution in [0.4, 0.5) is 0 Å². The van der Waals surface area contributed by atoms with Crippen LogP contribution < -0.4 is 10.9 Å². The number of nitrogens with zero attached hydrogens (tertiary/aromatic N) is 5. The van der Waals surface area contributed by atoms with Gasteiger partial charge < -0.3 is 5.32 Å². The number of hydrogen-bond acceptors (Lipinski definition) is 5. The molecule has 0 aliphatic heterocycles. The second kappa shape index (κ2) is 7.83. The number of hydrogen-bond donors (Lipinski definition) is 1. The number of carbonyl (C=O) groups excluding carboxylic acids is 1. The highest BCUT2D eigenvalue weighted by molar-refractivity contribution is 5.77. The standard InChI is InChI=1S/C20H18N6O2/c27-19(10-13-26-20(28)16-7-2-3-8-17(16)23-24-26)21-14-15-6-1-4-9-18(15)25-12-5-11-22-25/h1-9,11-12H,10,13-14H2,(H,21,27). The molecule has 140 valence electrons. The highest BCUT2D eigenvalue weighted by atomic mass is 16.2. The van der Waals surface area contributed by atoms with Crippen molar-refractivity contribution in [3.63, 3.8) is 0 Å². The average molecular weight is 374 g/mol. The molecule has 0 saturated carbocycles. The Morgan fingerprint density at radius 3 is 2.71 bits per heavy atom. The van der Waals surface area contributed by atoms with Crippen LogP contribution in [-0.2, 0) is 17.9 Å². The molecule has 0 unspecified atom stereocenters. The number of benzene rings is 2. The Morgan fingerprint density at radius 1 is 1.04 bits per heavy atom. The number of amides is 1. The van der Waals surface area contributed by atoms with Gasteiger partial charge in [0, 0.05) is 25.4 Å². The van der Waals surface area contributed by atoms with Gasteiger partial charge in [-0.1, -0.05) is 35.5 Å². The van der Waals surface area contributed by atoms with E-state index in [1.165, 1.54) is 4.68 Å². The molecule has 2 aromatic heterocycles. The van der Waals surface area contributed by atoms with E-state index in [4.69, 9.17) is 0 Å². The second-order valence-electron chi connectivity index (χ2n) is 6.24. The lowest BCUT2D eigenvalue weighted by molar-refractivity contribution is -0.121. The third-order valence-corrected chi connectivity index (χ3v) is 4.40. The number of fused-ring (bicyclic) bond motifs is 1. The summed E-state index contributed by atoms with van der Waals surface area (Å²) in [5, 5.41) is 15.5. The summed E-state index contributed by atoms with van der Waals surface area (Å²) in [5.74, 6) is -0.169. The van der Waals surface area contributed by atoms with Gasteiger partial charge in [0.2, 0.25) is 5.91 Å². The lowest BCUT2D eigenvalue weighted by atomic mass is 10.1. The molecule has 1 N–H and O–H groups in total. The van der Waals surface area contributed by atoms with Crippen LogP contribution in [0.25, 0.3) is 16.6 Å². The molecule has 4 aromatic rings. The maximum absolute atomic E-state index is 12.4. The van der Waals surface area contributed by atoms with E-state index in [2.05, 4.69) is 20.7 Å². The normalized spacial score (nSPS) is 10.9. The molecular formula is C20H18N6O2. The zero-order valence-electron chi connectivity index (χ0n) is 15.0. The molecule has 8 heteroatoms. The zero-order chi connectivity index (χ0) is 19.3. The Morgan fingerprint density at radius 2 is 1.86 bits per heavy atom. The van der Waals surface area contributed by atoms with Crippen LogP contribution in [0.3, 0.4) is 0 Å². The summed E-state index contributed by atoms with van der Waals surface area (Å²) in [6.45, 7) is 0.538. The van der Waals surface area contributed by atoms with Crippen molar-refractivity contribution in [2.24, 2.45) is 0 Å². The van der Waals surface area contributed by atoms with Gasteiger partial charge in [-0.15, -0.1) is 5.10 Å². The minimum absolute atomic E-state index is 0.136. The van der Waals surface area contributed by atoms with Gasteiger partial charge in [-0.2, -0.15) is 5.10 Å². The molecule has 2 heterocycles. The van der Waals surface area contributed by atoms with Crippen molar-refractivity contribution in [2.45, 2.75) is 19.5 Å². The Hall–Kier alpha value is -3.81. The number of carbonyl (C=O) groups is 1. The lowest BCUT2D eigenvalue weighted by Gasteiger charge is -2.11. The maximum Gasteiger partial charge on any atom is 0.277 e. The van der Waals surface area contributed by atoms with Crippen LogP contribution in [0, 0.1) is 0 Å². The smallest absolute Gasteiger partial charge is 0.277 e. The van der Waals surface area contributed by atoms with Gasteiger partial charge in [-0.3, -0.25) is 9.59 Å². The molecule has 0 bridgehead atoms. The molecule has 0 aliphatic carbocycles. The Labute approximate surface area is 160 Å². The van der Waals surface area contributed by atoms with Crippen LogP contribution in [0.5, 0.6) is 0 Å². The molecule has 0 aliphatic rings. The fourth-order valence-corrected chi connectivity index (χ4v) is 2.95. The molecule has 0 fully saturated rings. The van der Waals surface area contributed by atoms with Crippen LogP contribution in [0.15, 0.2) is 71.8 Å². The van der Waals surface area contributed by atoms with Gasteiger partial charge in [0.25, 0.3) is 5.56 Å². The van der Waals surface area contributed by atoms with Crippen LogP contribution in [0.1, 0.15) is 12.0 Å². The van der Waals surface area contributed by atoms with E-state index in [1.807, 2.05) is 36.5 Å². The van der Waals surface area contributed by atoms with Gasteiger partial charge >= 0.3 is 0 Å². The summed E-state index contributed by atoms with van der Waals surface area (Å²) in [7, 11) is 0. The molecule has 0 saturated heterocycles. The predicted octanol–water partition coefficient (Wildman–Crippen LogP) is 1.68. The van der Waals surface area contributed by atoms with E-state index in [1.54, 1.807) is 35.1 Å². The molecule has 1 amide bonds. The monoisotopic (exact) mass is 374 g/mol. The van der Waals surface area contributed by atoms with Crippen molar-refractivity contribution in [3.8, 4) is 5.69 Å². The highest BCUT2D eigenvalue weighted by Crippen LogP contribution is 2.13. The summed E-state index contributed by atoms with van der Waals surface area (Å²) >= 11 is 0. The number of para-hydroxylation sites is 1. The third-order valence-electron chi connectivity index (χ3n) is 4.40. The van der Waals surface area contributed by atoms with Crippen LogP contribution >= 0.6 is 0 Å². The van der Waals surface area contributed by atoms with E-state index in [0.717, 1.165) is 11.3 Å². The highest BCUT2D eigenvalue weighted by Gasteiger charge is 2.09. The first-order valence-electron chi connectivity index (χ1n) is 8.89. The van der Waals surface area contributed by atoms with Gasteiger partial charge in [0.05, 0.1) is 17.6 Å². The molecule has 2 aromatic carbocycles. The predicted molar refractivity (Wildman–Crippen MR) is 104 cm³/mol. The van der Waals surface area contributed by atoms with Gasteiger partial charge in [-0.05, 0) is 29.8 Å². The number of aromatic nitrogens is 5. The first kappa shape index (κ1) is 17.6. The van der Waals surface area contributed by atoms with Crippen LogP contribution in [-0.4, -0.2) is 30.7 Å². The van der Waals surface area contributed by atoms with E-state index in [0.29, 0.717) is 17.4 Å². The van der Waals surface area contributed by atoms with Crippen molar-refractivity contribution < 1.29 is 4.79 Å². The maximum atomic E-state index is 12.4. The Bertz CT molecular complexity index is 1170. The molecule has 28 heavy (non-hydrogen) atoms. The second-order valence-corrected chi connectivity index (χ2v) is 6.24. The summed E-state index contributed by atoms with van der Waals surface area (Å²) in [6, 6.07) is 16.6. The van der Waals surface area contributed by atoms with Crippen molar-refractivity contribution in [1.82, 2.24) is 30.1 Å².